The Morgan fingerprint density at radius 2 is 1.70 bits per heavy atom. The Balaban J connectivity index is 2.55. The summed E-state index contributed by atoms with van der Waals surface area (Å²) in [7, 11) is 0. The zero-order chi connectivity index (χ0) is 17.7. The van der Waals surface area contributed by atoms with Crippen molar-refractivity contribution in [3.8, 4) is 0 Å². The van der Waals surface area contributed by atoms with E-state index in [0.29, 0.717) is 0 Å². The number of aryl methyl sites for hydroxylation is 1. The summed E-state index contributed by atoms with van der Waals surface area (Å²) in [5.41, 5.74) is -1.97. The molecule has 0 saturated carbocycles. The number of benzene rings is 1. The lowest BCUT2D eigenvalue weighted by Gasteiger charge is -2.31. The van der Waals surface area contributed by atoms with Crippen LogP contribution in [0.1, 0.15) is 38.8 Å². The van der Waals surface area contributed by atoms with Gasteiger partial charge in [0.2, 0.25) is 0 Å². The molecule has 23 heavy (non-hydrogen) atoms. The minimum absolute atomic E-state index is 0.0420. The van der Waals surface area contributed by atoms with Crippen LogP contribution < -0.4 is 4.90 Å². The van der Waals surface area contributed by atoms with E-state index in [9.17, 15) is 22.8 Å². The number of rotatable bonds is 2. The second-order valence-corrected chi connectivity index (χ2v) is 6.44. The highest BCUT2D eigenvalue weighted by Gasteiger charge is 2.53. The molecule has 0 unspecified atom stereocenters. The molecule has 0 radical (unpaired) electrons. The number of alkyl halides is 3. The van der Waals surface area contributed by atoms with Crippen LogP contribution in [0.3, 0.4) is 0 Å². The third kappa shape index (κ3) is 2.68. The lowest BCUT2D eigenvalue weighted by atomic mass is 10.0. The fourth-order valence-electron chi connectivity index (χ4n) is 2.96. The van der Waals surface area contributed by atoms with Crippen molar-refractivity contribution < 1.29 is 22.8 Å². The van der Waals surface area contributed by atoms with Crippen molar-refractivity contribution in [3.63, 3.8) is 0 Å². The normalized spacial score (nSPS) is 18.3. The van der Waals surface area contributed by atoms with Gasteiger partial charge in [-0.25, -0.2) is 9.69 Å². The van der Waals surface area contributed by atoms with E-state index in [1.165, 1.54) is 24.0 Å². The number of carbonyl (C=O) groups excluding carboxylic acids is 2. The summed E-state index contributed by atoms with van der Waals surface area (Å²) in [5, 5.41) is 0. The molecule has 0 aromatic heterocycles. The van der Waals surface area contributed by atoms with Crippen molar-refractivity contribution in [2.45, 2.75) is 52.4 Å². The summed E-state index contributed by atoms with van der Waals surface area (Å²) in [6.45, 7) is 8.03. The number of urea groups is 1. The molecular formula is C16H19F3N2O2. The van der Waals surface area contributed by atoms with Gasteiger partial charge < -0.3 is 4.90 Å². The Bertz CT molecular complexity index is 666. The number of amides is 3. The van der Waals surface area contributed by atoms with E-state index >= 15 is 0 Å². The Kier molecular flexibility index (Phi) is 3.95. The summed E-state index contributed by atoms with van der Waals surface area (Å²) >= 11 is 0. The Morgan fingerprint density at radius 3 is 2.13 bits per heavy atom. The van der Waals surface area contributed by atoms with Gasteiger partial charge in [-0.05, 0) is 52.3 Å². The maximum absolute atomic E-state index is 13.1. The minimum Gasteiger partial charge on any atom is -0.307 e. The third-order valence-electron chi connectivity index (χ3n) is 4.03. The van der Waals surface area contributed by atoms with Crippen molar-refractivity contribution in [2.24, 2.45) is 0 Å². The molecule has 1 aliphatic rings. The molecule has 126 valence electrons. The van der Waals surface area contributed by atoms with Crippen LogP contribution in [0.2, 0.25) is 0 Å². The first-order chi connectivity index (χ1) is 10.4. The molecule has 2 rings (SSSR count). The van der Waals surface area contributed by atoms with Gasteiger partial charge in [-0.1, -0.05) is 6.07 Å². The van der Waals surface area contributed by atoms with Crippen molar-refractivity contribution in [3.05, 3.63) is 29.3 Å². The summed E-state index contributed by atoms with van der Waals surface area (Å²) in [6.07, 6.45) is -4.54. The standard InChI is InChI=1S/C16H19F3N2O2/c1-9(2)21-14(23)20(13(22)15(21,4)5)11-7-6-10(3)12(8-11)16(17,18)19/h6-9H,1-5H3. The molecule has 0 atom stereocenters. The maximum Gasteiger partial charge on any atom is 0.416 e. The molecule has 1 saturated heterocycles. The molecule has 0 aliphatic carbocycles. The smallest absolute Gasteiger partial charge is 0.307 e. The van der Waals surface area contributed by atoms with Crippen LogP contribution in [0.25, 0.3) is 0 Å². The minimum atomic E-state index is -4.54. The van der Waals surface area contributed by atoms with Crippen LogP contribution in [0, 0.1) is 6.92 Å². The van der Waals surface area contributed by atoms with Crippen molar-refractivity contribution in [2.75, 3.05) is 4.90 Å². The molecule has 1 aromatic rings. The van der Waals surface area contributed by atoms with Crippen molar-refractivity contribution in [1.82, 2.24) is 4.90 Å². The second kappa shape index (κ2) is 5.25. The van der Waals surface area contributed by atoms with Gasteiger partial charge in [-0.2, -0.15) is 13.2 Å². The average molecular weight is 328 g/mol. The average Bonchev–Trinajstić information content (AvgIpc) is 2.55. The van der Waals surface area contributed by atoms with E-state index in [1.807, 2.05) is 0 Å². The molecule has 0 spiro atoms. The number of carbonyl (C=O) groups is 2. The van der Waals surface area contributed by atoms with E-state index < -0.39 is 29.2 Å². The fourth-order valence-corrected chi connectivity index (χ4v) is 2.96. The number of hydrogen-bond acceptors (Lipinski definition) is 2. The number of hydrogen-bond donors (Lipinski definition) is 0. The SMILES string of the molecule is Cc1ccc(N2C(=O)N(C(C)C)C(C)(C)C2=O)cc1C(F)(F)F. The molecule has 3 amide bonds. The molecule has 7 heteroatoms. The van der Waals surface area contributed by atoms with Gasteiger partial charge in [0, 0.05) is 6.04 Å². The molecule has 0 bridgehead atoms. The van der Waals surface area contributed by atoms with Crippen LogP contribution in [-0.2, 0) is 11.0 Å². The lowest BCUT2D eigenvalue weighted by molar-refractivity contribution is -0.138. The van der Waals surface area contributed by atoms with Gasteiger partial charge in [0.15, 0.2) is 0 Å². The first kappa shape index (κ1) is 17.3. The van der Waals surface area contributed by atoms with E-state index in [2.05, 4.69) is 0 Å². The van der Waals surface area contributed by atoms with Gasteiger partial charge in [0.05, 0.1) is 11.3 Å². The molecule has 1 heterocycles. The van der Waals surface area contributed by atoms with Gasteiger partial charge in [0.25, 0.3) is 5.91 Å². The third-order valence-corrected chi connectivity index (χ3v) is 4.03. The predicted molar refractivity (Wildman–Crippen MR) is 80.1 cm³/mol. The second-order valence-electron chi connectivity index (χ2n) is 6.44. The highest BCUT2D eigenvalue weighted by molar-refractivity contribution is 6.23. The van der Waals surface area contributed by atoms with Crippen molar-refractivity contribution >= 4 is 17.6 Å². The maximum atomic E-state index is 13.1. The first-order valence-corrected chi connectivity index (χ1v) is 7.24. The van der Waals surface area contributed by atoms with Gasteiger partial charge >= 0.3 is 12.2 Å². The van der Waals surface area contributed by atoms with Gasteiger partial charge in [-0.3, -0.25) is 4.79 Å². The Labute approximate surface area is 132 Å². The monoisotopic (exact) mass is 328 g/mol. The number of nitrogens with zero attached hydrogens (tertiary/aromatic N) is 2. The van der Waals surface area contributed by atoms with Gasteiger partial charge in [0.1, 0.15) is 5.54 Å². The lowest BCUT2D eigenvalue weighted by Crippen LogP contribution is -2.47. The van der Waals surface area contributed by atoms with Crippen LogP contribution in [0.5, 0.6) is 0 Å². The van der Waals surface area contributed by atoms with E-state index in [1.54, 1.807) is 27.7 Å². The fraction of sp³-hybridized carbons (Fsp3) is 0.500. The van der Waals surface area contributed by atoms with Crippen LogP contribution in [0.4, 0.5) is 23.7 Å². The highest BCUT2D eigenvalue weighted by atomic mass is 19.4. The predicted octanol–water partition coefficient (Wildman–Crippen LogP) is 3.97. The molecule has 1 aliphatic heterocycles. The summed E-state index contributed by atoms with van der Waals surface area (Å²) in [5.74, 6) is -0.534. The van der Waals surface area contributed by atoms with Gasteiger partial charge in [-0.15, -0.1) is 0 Å². The first-order valence-electron chi connectivity index (χ1n) is 7.24. The molecule has 1 fully saturated rings. The van der Waals surface area contributed by atoms with Crippen LogP contribution in [0.15, 0.2) is 18.2 Å². The van der Waals surface area contributed by atoms with Crippen LogP contribution in [-0.4, -0.2) is 28.4 Å². The molecule has 4 nitrogen and oxygen atoms in total. The summed E-state index contributed by atoms with van der Waals surface area (Å²) in [6, 6.07) is 2.63. The van der Waals surface area contributed by atoms with E-state index in [4.69, 9.17) is 0 Å². The molecular weight excluding hydrogens is 309 g/mol. The number of imide groups is 1. The van der Waals surface area contributed by atoms with Crippen LogP contribution >= 0.6 is 0 Å². The van der Waals surface area contributed by atoms with E-state index in [-0.39, 0.29) is 17.3 Å². The zero-order valence-electron chi connectivity index (χ0n) is 13.7. The Hall–Kier alpha value is -2.05. The number of halogens is 3. The molecule has 1 aromatic carbocycles. The zero-order valence-corrected chi connectivity index (χ0v) is 13.7. The molecule has 0 N–H and O–H groups in total. The quantitative estimate of drug-likeness (QED) is 0.771. The van der Waals surface area contributed by atoms with Crippen molar-refractivity contribution in [1.29, 1.82) is 0 Å². The highest BCUT2D eigenvalue weighted by Crippen LogP contribution is 2.38. The largest absolute Gasteiger partial charge is 0.416 e. The Morgan fingerprint density at radius 1 is 1.13 bits per heavy atom. The topological polar surface area (TPSA) is 40.6 Å². The summed E-state index contributed by atoms with van der Waals surface area (Å²) in [4.78, 5) is 27.4. The number of anilines is 1. The summed E-state index contributed by atoms with van der Waals surface area (Å²) < 4.78 is 39.2. The van der Waals surface area contributed by atoms with E-state index in [0.717, 1.165) is 11.0 Å².